The van der Waals surface area contributed by atoms with E-state index in [1.54, 1.807) is 0 Å². The zero-order valence-electron chi connectivity index (χ0n) is 20.7. The Morgan fingerprint density at radius 3 is 1.45 bits per heavy atom. The molecule has 180 valence electrons. The van der Waals surface area contributed by atoms with E-state index in [0.29, 0.717) is 6.61 Å². The van der Waals surface area contributed by atoms with Crippen LogP contribution in [0.1, 0.15) is 134 Å². The van der Waals surface area contributed by atoms with E-state index in [4.69, 9.17) is 4.74 Å². The van der Waals surface area contributed by atoms with Crippen LogP contribution in [0.3, 0.4) is 0 Å². The molecular weight excluding hydrogens is 380 g/mol. The molecule has 0 amide bonds. The molecule has 0 spiro atoms. The van der Waals surface area contributed by atoms with Gasteiger partial charge in [-0.25, -0.2) is 0 Å². The summed E-state index contributed by atoms with van der Waals surface area (Å²) in [6.07, 6.45) is 26.2. The van der Waals surface area contributed by atoms with E-state index in [0.717, 1.165) is 6.42 Å². The minimum absolute atomic E-state index is 0.0127. The van der Waals surface area contributed by atoms with Crippen molar-refractivity contribution in [3.05, 3.63) is 35.9 Å². The number of aliphatic hydroxyl groups is 1. The van der Waals surface area contributed by atoms with Crippen LogP contribution in [-0.4, -0.2) is 17.8 Å². The van der Waals surface area contributed by atoms with Crippen LogP contribution in [0.5, 0.6) is 0 Å². The Kier molecular flexibility index (Phi) is 20.3. The molecule has 0 aromatic heterocycles. The van der Waals surface area contributed by atoms with Crippen molar-refractivity contribution in [1.29, 1.82) is 0 Å². The van der Waals surface area contributed by atoms with Gasteiger partial charge in [0.05, 0.1) is 19.3 Å². The number of unbranched alkanes of at least 4 members (excludes halogenated alkanes) is 17. The minimum Gasteiger partial charge on any atom is -0.394 e. The normalized spacial score (nSPS) is 12.3. The number of hydrogen-bond donors (Lipinski definition) is 1. The van der Waals surface area contributed by atoms with Gasteiger partial charge in [0.15, 0.2) is 0 Å². The fourth-order valence-electron chi connectivity index (χ4n) is 4.29. The third-order valence-electron chi connectivity index (χ3n) is 6.41. The smallest absolute Gasteiger partial charge is 0.0810 e. The predicted octanol–water partition coefficient (Wildman–Crippen LogP) is 9.00. The molecule has 2 nitrogen and oxygen atoms in total. The van der Waals surface area contributed by atoms with Crippen molar-refractivity contribution in [2.24, 2.45) is 0 Å². The summed E-state index contributed by atoms with van der Waals surface area (Å²) in [5, 5.41) is 9.52. The van der Waals surface area contributed by atoms with Gasteiger partial charge in [-0.3, -0.25) is 0 Å². The molecule has 1 unspecified atom stereocenters. The Bertz CT molecular complexity index is 459. The molecule has 1 atom stereocenters. The first-order valence-corrected chi connectivity index (χ1v) is 13.6. The lowest BCUT2D eigenvalue weighted by molar-refractivity contribution is -0.00348. The van der Waals surface area contributed by atoms with Crippen LogP contribution in [0.2, 0.25) is 0 Å². The number of rotatable bonds is 23. The Labute approximate surface area is 194 Å². The van der Waals surface area contributed by atoms with Crippen LogP contribution in [0.15, 0.2) is 30.3 Å². The van der Waals surface area contributed by atoms with Crippen LogP contribution < -0.4 is 0 Å². The fourth-order valence-corrected chi connectivity index (χ4v) is 4.29. The minimum atomic E-state index is -0.0127. The van der Waals surface area contributed by atoms with E-state index in [1.165, 1.54) is 121 Å². The summed E-state index contributed by atoms with van der Waals surface area (Å²) in [7, 11) is 0. The average molecular weight is 433 g/mol. The molecule has 1 rings (SSSR count). The van der Waals surface area contributed by atoms with Crippen LogP contribution in [0.25, 0.3) is 0 Å². The summed E-state index contributed by atoms with van der Waals surface area (Å²) >= 11 is 0. The van der Waals surface area contributed by atoms with Crippen LogP contribution in [0.4, 0.5) is 0 Å². The van der Waals surface area contributed by atoms with Gasteiger partial charge in [-0.1, -0.05) is 153 Å². The van der Waals surface area contributed by atoms with E-state index >= 15 is 0 Å². The third kappa shape index (κ3) is 18.4. The van der Waals surface area contributed by atoms with Gasteiger partial charge in [-0.05, 0) is 12.0 Å². The second kappa shape index (κ2) is 22.3. The quantitative estimate of drug-likeness (QED) is 0.175. The summed E-state index contributed by atoms with van der Waals surface area (Å²) in [5.41, 5.74) is 1.18. The topological polar surface area (TPSA) is 29.5 Å². The standard InChI is InChI=1S/C29H52O2/c1-2-3-4-5-6-7-8-9-10-11-12-13-14-15-16-17-18-22-25-29(26-30)31-27-28-23-20-19-21-24-28/h19-21,23-24,29-30H,2-18,22,25-27H2,1H3. The molecular formula is C29H52O2. The molecule has 0 heterocycles. The zero-order valence-corrected chi connectivity index (χ0v) is 20.7. The monoisotopic (exact) mass is 432 g/mol. The van der Waals surface area contributed by atoms with Gasteiger partial charge in [0.2, 0.25) is 0 Å². The molecule has 0 fully saturated rings. The molecule has 0 saturated heterocycles. The summed E-state index contributed by atoms with van der Waals surface area (Å²) in [5.74, 6) is 0. The average Bonchev–Trinajstić information content (AvgIpc) is 2.81. The van der Waals surface area contributed by atoms with Crippen LogP contribution in [-0.2, 0) is 11.3 Å². The molecule has 0 aliphatic heterocycles. The van der Waals surface area contributed by atoms with Gasteiger partial charge in [0.25, 0.3) is 0 Å². The number of hydrogen-bond acceptors (Lipinski definition) is 2. The summed E-state index contributed by atoms with van der Waals surface area (Å²) in [6.45, 7) is 3.02. The predicted molar refractivity (Wildman–Crippen MR) is 136 cm³/mol. The molecule has 0 radical (unpaired) electrons. The van der Waals surface area contributed by atoms with E-state index < -0.39 is 0 Å². The maximum atomic E-state index is 9.52. The van der Waals surface area contributed by atoms with E-state index in [9.17, 15) is 5.11 Å². The number of benzene rings is 1. The first kappa shape index (κ1) is 28.2. The highest BCUT2D eigenvalue weighted by Crippen LogP contribution is 2.15. The van der Waals surface area contributed by atoms with Gasteiger partial charge in [-0.15, -0.1) is 0 Å². The molecule has 0 saturated carbocycles. The summed E-state index contributed by atoms with van der Waals surface area (Å²) in [6, 6.07) is 10.2. The van der Waals surface area contributed by atoms with Crippen molar-refractivity contribution >= 4 is 0 Å². The van der Waals surface area contributed by atoms with Crippen molar-refractivity contribution in [1.82, 2.24) is 0 Å². The third-order valence-corrected chi connectivity index (χ3v) is 6.41. The van der Waals surface area contributed by atoms with Crippen molar-refractivity contribution in [2.45, 2.75) is 142 Å². The number of ether oxygens (including phenoxy) is 1. The van der Waals surface area contributed by atoms with Gasteiger partial charge in [0, 0.05) is 0 Å². The molecule has 0 aliphatic rings. The van der Waals surface area contributed by atoms with Crippen molar-refractivity contribution in [3.8, 4) is 0 Å². The molecule has 31 heavy (non-hydrogen) atoms. The maximum absolute atomic E-state index is 9.52. The van der Waals surface area contributed by atoms with Crippen molar-refractivity contribution < 1.29 is 9.84 Å². The molecule has 0 bridgehead atoms. The van der Waals surface area contributed by atoms with Crippen LogP contribution >= 0.6 is 0 Å². The molecule has 1 aromatic rings. The van der Waals surface area contributed by atoms with Gasteiger partial charge >= 0.3 is 0 Å². The lowest BCUT2D eigenvalue weighted by Crippen LogP contribution is -2.17. The first-order chi connectivity index (χ1) is 15.4. The maximum Gasteiger partial charge on any atom is 0.0810 e. The van der Waals surface area contributed by atoms with Crippen LogP contribution in [0, 0.1) is 0 Å². The highest BCUT2D eigenvalue weighted by Gasteiger charge is 2.07. The van der Waals surface area contributed by atoms with E-state index in [-0.39, 0.29) is 12.7 Å². The molecule has 1 N–H and O–H groups in total. The molecule has 2 heteroatoms. The summed E-state index contributed by atoms with van der Waals surface area (Å²) < 4.78 is 5.86. The SMILES string of the molecule is CCCCCCCCCCCCCCCCCCCCC(CO)OCc1ccccc1. The van der Waals surface area contributed by atoms with Gasteiger partial charge in [0.1, 0.15) is 0 Å². The molecule has 0 aliphatic carbocycles. The lowest BCUT2D eigenvalue weighted by Gasteiger charge is -2.15. The lowest BCUT2D eigenvalue weighted by atomic mass is 10.0. The van der Waals surface area contributed by atoms with Gasteiger partial charge in [-0.2, -0.15) is 0 Å². The van der Waals surface area contributed by atoms with Crippen molar-refractivity contribution in [2.75, 3.05) is 6.61 Å². The van der Waals surface area contributed by atoms with Crippen molar-refractivity contribution in [3.63, 3.8) is 0 Å². The first-order valence-electron chi connectivity index (χ1n) is 13.6. The Morgan fingerprint density at radius 2 is 1.03 bits per heavy atom. The second-order valence-corrected chi connectivity index (χ2v) is 9.40. The summed E-state index contributed by atoms with van der Waals surface area (Å²) in [4.78, 5) is 0. The Morgan fingerprint density at radius 1 is 0.613 bits per heavy atom. The highest BCUT2D eigenvalue weighted by molar-refractivity contribution is 5.13. The Hall–Kier alpha value is -0.860. The largest absolute Gasteiger partial charge is 0.394 e. The number of aliphatic hydroxyl groups excluding tert-OH is 1. The van der Waals surface area contributed by atoms with E-state index in [1.807, 2.05) is 18.2 Å². The molecule has 1 aromatic carbocycles. The van der Waals surface area contributed by atoms with Gasteiger partial charge < -0.3 is 9.84 Å². The zero-order chi connectivity index (χ0) is 22.2. The Balaban J connectivity index is 1.78. The second-order valence-electron chi connectivity index (χ2n) is 9.40. The fraction of sp³-hybridized carbons (Fsp3) is 0.793. The van der Waals surface area contributed by atoms with E-state index in [2.05, 4.69) is 19.1 Å². The highest BCUT2D eigenvalue weighted by atomic mass is 16.5.